The van der Waals surface area contributed by atoms with Crippen LogP contribution in [-0.4, -0.2) is 33.6 Å². The number of rotatable bonds is 5. The van der Waals surface area contributed by atoms with E-state index >= 15 is 0 Å². The summed E-state index contributed by atoms with van der Waals surface area (Å²) in [6, 6.07) is 4.64. The Kier molecular flexibility index (Phi) is 7.10. The molecule has 11 heteroatoms. The number of nitrogens with two attached hydrogens (primary N) is 1. The minimum atomic E-state index is -4.64. The lowest BCUT2D eigenvalue weighted by atomic mass is 10.3. The zero-order valence-corrected chi connectivity index (χ0v) is 12.1. The summed E-state index contributed by atoms with van der Waals surface area (Å²) in [7, 11) is -4.25. The molecule has 1 amide bonds. The van der Waals surface area contributed by atoms with Gasteiger partial charge in [0.05, 0.1) is 11.4 Å². The molecule has 0 unspecified atom stereocenters. The van der Waals surface area contributed by atoms with E-state index in [1.54, 1.807) is 0 Å². The summed E-state index contributed by atoms with van der Waals surface area (Å²) < 4.78 is 60.4. The van der Waals surface area contributed by atoms with Crippen molar-refractivity contribution in [3.8, 4) is 0 Å². The smallest absolute Gasteiger partial charge is 0.325 e. The molecule has 0 bridgehead atoms. The fraction of sp³-hybridized carbons (Fsp3) is 0.300. The lowest BCUT2D eigenvalue weighted by Gasteiger charge is -2.10. The maximum absolute atomic E-state index is 12.0. The summed E-state index contributed by atoms with van der Waals surface area (Å²) in [4.78, 5) is 10.6. The van der Waals surface area contributed by atoms with Crippen LogP contribution in [0.25, 0.3) is 0 Å². The zero-order valence-electron chi connectivity index (χ0n) is 10.5. The van der Waals surface area contributed by atoms with Crippen LogP contribution in [0.15, 0.2) is 29.2 Å². The molecule has 0 spiro atoms. The van der Waals surface area contributed by atoms with E-state index in [0.29, 0.717) is 0 Å². The Morgan fingerprint density at radius 2 is 1.71 bits per heavy atom. The van der Waals surface area contributed by atoms with E-state index in [1.165, 1.54) is 16.9 Å². The van der Waals surface area contributed by atoms with Crippen LogP contribution in [0.3, 0.4) is 0 Å². The topological polar surface area (TPSA) is 101 Å². The third-order valence-electron chi connectivity index (χ3n) is 2.10. The van der Waals surface area contributed by atoms with Gasteiger partial charge in [-0.3, -0.25) is 4.79 Å². The van der Waals surface area contributed by atoms with E-state index in [0.717, 1.165) is 12.1 Å². The Labute approximate surface area is 125 Å². The largest absolute Gasteiger partial charge is 0.402 e. The van der Waals surface area contributed by atoms with Crippen molar-refractivity contribution in [1.82, 2.24) is 4.72 Å². The van der Waals surface area contributed by atoms with Gasteiger partial charge in [-0.15, -0.1) is 12.4 Å². The van der Waals surface area contributed by atoms with Crippen molar-refractivity contribution in [2.24, 2.45) is 5.73 Å². The second kappa shape index (κ2) is 7.59. The predicted octanol–water partition coefficient (Wildman–Crippen LogP) is 0.846. The van der Waals surface area contributed by atoms with E-state index in [-0.39, 0.29) is 29.5 Å². The fourth-order valence-corrected chi connectivity index (χ4v) is 2.20. The third-order valence-corrected chi connectivity index (χ3v) is 3.51. The molecule has 0 aliphatic rings. The van der Waals surface area contributed by atoms with Crippen molar-refractivity contribution in [3.63, 3.8) is 0 Å². The Hall–Kier alpha value is -1.36. The maximum atomic E-state index is 12.0. The number of amides is 1. The number of anilines is 1. The van der Waals surface area contributed by atoms with Crippen molar-refractivity contribution >= 4 is 34.0 Å². The highest BCUT2D eigenvalue weighted by atomic mass is 35.5. The number of carbonyl (C=O) groups excluding carboxylic acids is 1. The van der Waals surface area contributed by atoms with Crippen LogP contribution >= 0.6 is 12.4 Å². The lowest BCUT2D eigenvalue weighted by Crippen LogP contribution is -2.33. The van der Waals surface area contributed by atoms with E-state index < -0.39 is 28.7 Å². The third kappa shape index (κ3) is 6.76. The Bertz CT molecular complexity index is 575. The van der Waals surface area contributed by atoms with E-state index in [1.807, 2.05) is 0 Å². The maximum Gasteiger partial charge on any atom is 0.402 e. The van der Waals surface area contributed by atoms with Gasteiger partial charge in [0.15, 0.2) is 0 Å². The molecule has 0 atom stereocenters. The van der Waals surface area contributed by atoms with Crippen molar-refractivity contribution in [1.29, 1.82) is 0 Å². The minimum Gasteiger partial charge on any atom is -0.325 e. The first-order chi connectivity index (χ1) is 9.14. The van der Waals surface area contributed by atoms with Crippen LogP contribution in [0.1, 0.15) is 0 Å². The second-order valence-corrected chi connectivity index (χ2v) is 5.48. The van der Waals surface area contributed by atoms with E-state index in [4.69, 9.17) is 5.73 Å². The van der Waals surface area contributed by atoms with Crippen LogP contribution in [0.4, 0.5) is 18.9 Å². The number of halogens is 4. The molecule has 120 valence electrons. The quantitative estimate of drug-likeness (QED) is 0.734. The standard InChI is InChI=1S/C10H12F3N3O3S.ClH/c11-10(12,13)6-15-20(18,19)8-3-1-7(2-4-8)16-9(17)5-14;/h1-4,15H,5-6,14H2,(H,16,17);1H. The molecule has 1 aromatic carbocycles. The summed E-state index contributed by atoms with van der Waals surface area (Å²) in [6.45, 7) is -1.89. The molecule has 6 nitrogen and oxygen atoms in total. The minimum absolute atomic E-state index is 0. The molecule has 4 N–H and O–H groups in total. The van der Waals surface area contributed by atoms with Gasteiger partial charge >= 0.3 is 6.18 Å². The van der Waals surface area contributed by atoms with Crippen LogP contribution in [0, 0.1) is 0 Å². The number of benzene rings is 1. The molecule has 0 saturated carbocycles. The van der Waals surface area contributed by atoms with Gasteiger partial charge in [-0.1, -0.05) is 0 Å². The molecule has 0 fully saturated rings. The highest BCUT2D eigenvalue weighted by Crippen LogP contribution is 2.17. The number of sulfonamides is 1. The van der Waals surface area contributed by atoms with Crippen LogP contribution in [-0.2, 0) is 14.8 Å². The van der Waals surface area contributed by atoms with Gasteiger partial charge < -0.3 is 11.1 Å². The fourth-order valence-electron chi connectivity index (χ4n) is 1.19. The number of nitrogens with one attached hydrogen (secondary N) is 2. The first kappa shape index (κ1) is 19.6. The highest BCUT2D eigenvalue weighted by molar-refractivity contribution is 7.89. The van der Waals surface area contributed by atoms with Gasteiger partial charge in [0.1, 0.15) is 6.54 Å². The molecular weight excluding hydrogens is 335 g/mol. The predicted molar refractivity (Wildman–Crippen MR) is 72.6 cm³/mol. The summed E-state index contributed by atoms with van der Waals surface area (Å²) in [5.41, 5.74) is 5.36. The molecule has 0 aromatic heterocycles. The molecule has 0 aliphatic carbocycles. The first-order valence-corrected chi connectivity index (χ1v) is 6.79. The molecule has 21 heavy (non-hydrogen) atoms. The van der Waals surface area contributed by atoms with Gasteiger partial charge in [-0.25, -0.2) is 13.1 Å². The second-order valence-electron chi connectivity index (χ2n) is 3.72. The van der Waals surface area contributed by atoms with Gasteiger partial charge in [-0.05, 0) is 24.3 Å². The number of hydrogen-bond donors (Lipinski definition) is 3. The lowest BCUT2D eigenvalue weighted by molar-refractivity contribution is -0.121. The van der Waals surface area contributed by atoms with Crippen molar-refractivity contribution < 1.29 is 26.4 Å². The molecule has 0 aliphatic heterocycles. The molecule has 0 heterocycles. The first-order valence-electron chi connectivity index (χ1n) is 5.30. The Balaban J connectivity index is 0.00000400. The van der Waals surface area contributed by atoms with Crippen LogP contribution in [0.2, 0.25) is 0 Å². The van der Waals surface area contributed by atoms with Gasteiger partial charge in [0.25, 0.3) is 0 Å². The van der Waals surface area contributed by atoms with Crippen LogP contribution < -0.4 is 15.8 Å². The molecule has 0 radical (unpaired) electrons. The summed E-state index contributed by atoms with van der Waals surface area (Å²) in [6.07, 6.45) is -4.64. The SMILES string of the molecule is Cl.NCC(=O)Nc1ccc(S(=O)(=O)NCC(F)(F)F)cc1. The van der Waals surface area contributed by atoms with Crippen molar-refractivity contribution in [2.75, 3.05) is 18.4 Å². The number of hydrogen-bond acceptors (Lipinski definition) is 4. The summed E-state index contributed by atoms with van der Waals surface area (Å²) >= 11 is 0. The monoisotopic (exact) mass is 347 g/mol. The molecule has 1 rings (SSSR count). The number of alkyl halides is 3. The Morgan fingerprint density at radius 3 is 2.14 bits per heavy atom. The average Bonchev–Trinajstić information content (AvgIpc) is 2.36. The Morgan fingerprint density at radius 1 is 1.19 bits per heavy atom. The number of carbonyl (C=O) groups is 1. The summed E-state index contributed by atoms with van der Waals surface area (Å²) in [5.74, 6) is -0.476. The van der Waals surface area contributed by atoms with E-state index in [9.17, 15) is 26.4 Å². The average molecular weight is 348 g/mol. The van der Waals surface area contributed by atoms with Crippen molar-refractivity contribution in [2.45, 2.75) is 11.1 Å². The highest BCUT2D eigenvalue weighted by Gasteiger charge is 2.29. The molecule has 1 aromatic rings. The zero-order chi connectivity index (χ0) is 15.4. The van der Waals surface area contributed by atoms with Gasteiger partial charge in [-0.2, -0.15) is 13.2 Å². The van der Waals surface area contributed by atoms with Crippen LogP contribution in [0.5, 0.6) is 0 Å². The van der Waals surface area contributed by atoms with Crippen molar-refractivity contribution in [3.05, 3.63) is 24.3 Å². The molecule has 0 saturated heterocycles. The normalized spacial score (nSPS) is 11.6. The van der Waals surface area contributed by atoms with E-state index in [2.05, 4.69) is 5.32 Å². The van der Waals surface area contributed by atoms with Gasteiger partial charge in [0.2, 0.25) is 15.9 Å². The van der Waals surface area contributed by atoms with Gasteiger partial charge in [0, 0.05) is 5.69 Å². The summed E-state index contributed by atoms with van der Waals surface area (Å²) in [5, 5.41) is 2.37. The molecular formula is C10H13ClF3N3O3S.